The number of amides is 1. The molecule has 0 atom stereocenters. The minimum absolute atomic E-state index is 0.0682. The third kappa shape index (κ3) is 4.63. The van der Waals surface area contributed by atoms with E-state index in [-0.39, 0.29) is 28.6 Å². The molecule has 1 heterocycles. The van der Waals surface area contributed by atoms with Crippen molar-refractivity contribution in [2.24, 2.45) is 10.2 Å². The number of aromatic carboxylic acids is 1. The van der Waals surface area contributed by atoms with Crippen molar-refractivity contribution in [1.82, 2.24) is 0 Å². The highest BCUT2D eigenvalue weighted by molar-refractivity contribution is 6.71. The molecule has 4 rings (SSSR count). The summed E-state index contributed by atoms with van der Waals surface area (Å²) in [5, 5.41) is 30.6. The summed E-state index contributed by atoms with van der Waals surface area (Å²) in [5.74, 6) is -1.63. The Morgan fingerprint density at radius 3 is 2.49 bits per heavy atom. The molecule has 35 heavy (non-hydrogen) atoms. The molecule has 0 aliphatic carbocycles. The van der Waals surface area contributed by atoms with Crippen LogP contribution < -0.4 is 10.4 Å². The van der Waals surface area contributed by atoms with Gasteiger partial charge in [0.15, 0.2) is 5.71 Å². The highest BCUT2D eigenvalue weighted by atomic mass is 16.4. The monoisotopic (exact) mass is 470 g/mol. The number of carbonyl (C=O) groups is 2. The van der Waals surface area contributed by atoms with E-state index in [1.165, 1.54) is 11.1 Å². The Morgan fingerprint density at radius 2 is 1.77 bits per heavy atom. The number of hydrogen-bond donors (Lipinski definition) is 3. The van der Waals surface area contributed by atoms with Crippen LogP contribution in [0, 0.1) is 13.8 Å². The molecule has 0 bridgehead atoms. The predicted octanol–water partition coefficient (Wildman–Crippen LogP) is 5.35. The van der Waals surface area contributed by atoms with E-state index < -0.39 is 5.97 Å². The Labute approximate surface area is 203 Å². The summed E-state index contributed by atoms with van der Waals surface area (Å²) in [5.41, 5.74) is 7.35. The van der Waals surface area contributed by atoms with Crippen molar-refractivity contribution in [3.8, 4) is 16.9 Å². The zero-order valence-corrected chi connectivity index (χ0v) is 19.7. The maximum absolute atomic E-state index is 13.2. The normalized spacial score (nSPS) is 14.4. The van der Waals surface area contributed by atoms with Crippen LogP contribution in [0.2, 0.25) is 0 Å². The second-order valence-corrected chi connectivity index (χ2v) is 8.31. The van der Waals surface area contributed by atoms with Crippen LogP contribution in [-0.4, -0.2) is 33.5 Å². The van der Waals surface area contributed by atoms with Gasteiger partial charge in [0.25, 0.3) is 0 Å². The summed E-state index contributed by atoms with van der Waals surface area (Å²) < 4.78 is 0. The number of aryl methyl sites for hydroxylation is 2. The fourth-order valence-corrected chi connectivity index (χ4v) is 3.86. The van der Waals surface area contributed by atoms with Crippen molar-refractivity contribution in [2.45, 2.75) is 33.6 Å². The first-order chi connectivity index (χ1) is 16.8. The minimum atomic E-state index is -1.10. The average molecular weight is 471 g/mol. The van der Waals surface area contributed by atoms with Crippen LogP contribution in [0.3, 0.4) is 0 Å². The summed E-state index contributed by atoms with van der Waals surface area (Å²) in [4.78, 5) is 24.9. The number of rotatable bonds is 7. The number of phenolic OH excluding ortho intramolecular Hbond substituents is 1. The van der Waals surface area contributed by atoms with Gasteiger partial charge in [0.05, 0.1) is 22.6 Å². The first-order valence-corrected chi connectivity index (χ1v) is 11.3. The maximum Gasteiger partial charge on any atom is 0.336 e. The van der Waals surface area contributed by atoms with E-state index in [1.54, 1.807) is 36.4 Å². The number of carboxylic acids is 1. The van der Waals surface area contributed by atoms with Crippen LogP contribution in [0.5, 0.6) is 5.75 Å². The number of carbonyl (C=O) groups excluding carboxylic acids is 1. The molecule has 3 aromatic carbocycles. The molecule has 0 spiro atoms. The molecule has 0 aromatic heterocycles. The number of aromatic hydroxyl groups is 1. The largest absolute Gasteiger partial charge is 0.505 e. The van der Waals surface area contributed by atoms with E-state index >= 15 is 0 Å². The number of para-hydroxylation sites is 1. The van der Waals surface area contributed by atoms with Crippen molar-refractivity contribution in [3.05, 3.63) is 77.4 Å². The Morgan fingerprint density at radius 1 is 1.03 bits per heavy atom. The van der Waals surface area contributed by atoms with Gasteiger partial charge in [-0.25, -0.2) is 4.79 Å². The fourth-order valence-electron chi connectivity index (χ4n) is 3.86. The number of nitrogens with zero attached hydrogens (tertiary/aromatic N) is 3. The van der Waals surface area contributed by atoms with Gasteiger partial charge in [-0.15, -0.1) is 0 Å². The van der Waals surface area contributed by atoms with Gasteiger partial charge in [-0.05, 0) is 61.2 Å². The second-order valence-electron chi connectivity index (χ2n) is 8.31. The number of nitrogens with one attached hydrogen (secondary N) is 1. The summed E-state index contributed by atoms with van der Waals surface area (Å²) in [6, 6.07) is 17.0. The molecule has 0 fully saturated rings. The number of hydrazone groups is 2. The molecule has 3 aromatic rings. The second kappa shape index (κ2) is 9.80. The third-order valence-corrected chi connectivity index (χ3v) is 5.88. The summed E-state index contributed by atoms with van der Waals surface area (Å²) in [7, 11) is 0. The first kappa shape index (κ1) is 23.7. The molecule has 3 N–H and O–H groups in total. The Hall–Kier alpha value is -4.46. The number of anilines is 2. The SMILES string of the molecule is CCCC1=NN(c2ccc(C)c(C)c2)C(=O)C1=NNc1cccc(-c2ccccc2C(=O)O)c1O. The van der Waals surface area contributed by atoms with Crippen LogP contribution in [-0.2, 0) is 4.79 Å². The predicted molar refractivity (Wildman–Crippen MR) is 137 cm³/mol. The molecule has 8 heteroatoms. The molecule has 1 amide bonds. The molecular formula is C27H26N4O4. The van der Waals surface area contributed by atoms with Gasteiger partial charge in [-0.3, -0.25) is 10.2 Å². The lowest BCUT2D eigenvalue weighted by Gasteiger charge is -2.13. The third-order valence-electron chi connectivity index (χ3n) is 5.88. The Bertz CT molecular complexity index is 1380. The molecule has 0 saturated carbocycles. The Kier molecular flexibility index (Phi) is 6.64. The molecular weight excluding hydrogens is 444 g/mol. The highest BCUT2D eigenvalue weighted by Crippen LogP contribution is 2.37. The van der Waals surface area contributed by atoms with Crippen molar-refractivity contribution in [1.29, 1.82) is 0 Å². The van der Waals surface area contributed by atoms with Crippen LogP contribution in [0.4, 0.5) is 11.4 Å². The molecule has 178 valence electrons. The van der Waals surface area contributed by atoms with Gasteiger partial charge >= 0.3 is 11.9 Å². The average Bonchev–Trinajstić information content (AvgIpc) is 3.15. The lowest BCUT2D eigenvalue weighted by molar-refractivity contribution is -0.112. The van der Waals surface area contributed by atoms with Gasteiger partial charge < -0.3 is 10.2 Å². The first-order valence-electron chi connectivity index (χ1n) is 11.3. The van der Waals surface area contributed by atoms with Gasteiger partial charge in [0.2, 0.25) is 0 Å². The summed E-state index contributed by atoms with van der Waals surface area (Å²) in [6.45, 7) is 5.97. The van der Waals surface area contributed by atoms with Gasteiger partial charge in [-0.1, -0.05) is 49.7 Å². The van der Waals surface area contributed by atoms with Gasteiger partial charge in [0.1, 0.15) is 5.75 Å². The quantitative estimate of drug-likeness (QED) is 0.318. The van der Waals surface area contributed by atoms with Crippen molar-refractivity contribution >= 4 is 34.7 Å². The smallest absolute Gasteiger partial charge is 0.336 e. The molecule has 0 radical (unpaired) electrons. The number of hydrogen-bond acceptors (Lipinski definition) is 6. The summed E-state index contributed by atoms with van der Waals surface area (Å²) in [6.07, 6.45) is 1.34. The minimum Gasteiger partial charge on any atom is -0.505 e. The molecule has 0 unspecified atom stereocenters. The van der Waals surface area contributed by atoms with E-state index in [2.05, 4.69) is 15.6 Å². The van der Waals surface area contributed by atoms with E-state index in [1.807, 2.05) is 39.0 Å². The van der Waals surface area contributed by atoms with E-state index in [9.17, 15) is 19.8 Å². The van der Waals surface area contributed by atoms with E-state index in [4.69, 9.17) is 0 Å². The summed E-state index contributed by atoms with van der Waals surface area (Å²) >= 11 is 0. The maximum atomic E-state index is 13.2. The molecule has 0 saturated heterocycles. The van der Waals surface area contributed by atoms with Gasteiger partial charge in [0, 0.05) is 5.56 Å². The topological polar surface area (TPSA) is 115 Å². The van der Waals surface area contributed by atoms with E-state index in [0.29, 0.717) is 28.9 Å². The van der Waals surface area contributed by atoms with Crippen LogP contribution >= 0.6 is 0 Å². The lowest BCUT2D eigenvalue weighted by atomic mass is 9.98. The van der Waals surface area contributed by atoms with Crippen molar-refractivity contribution < 1.29 is 19.8 Å². The lowest BCUT2D eigenvalue weighted by Crippen LogP contribution is -2.28. The zero-order chi connectivity index (χ0) is 25.1. The van der Waals surface area contributed by atoms with Gasteiger partial charge in [-0.2, -0.15) is 15.2 Å². The van der Waals surface area contributed by atoms with Crippen LogP contribution in [0.1, 0.15) is 41.3 Å². The standard InChI is InChI=1S/C27H26N4O4/c1-4-8-22-24(26(33)31(30-22)18-14-13-16(2)17(3)15-18)29-28-23-12-7-11-20(25(23)32)19-9-5-6-10-21(19)27(34)35/h5-7,9-15,28,32H,4,8H2,1-3H3,(H,34,35). The van der Waals surface area contributed by atoms with Crippen LogP contribution in [0.25, 0.3) is 11.1 Å². The fraction of sp³-hybridized carbons (Fsp3) is 0.185. The van der Waals surface area contributed by atoms with Crippen molar-refractivity contribution in [3.63, 3.8) is 0 Å². The number of benzene rings is 3. The zero-order valence-electron chi connectivity index (χ0n) is 19.7. The highest BCUT2D eigenvalue weighted by Gasteiger charge is 2.33. The van der Waals surface area contributed by atoms with E-state index in [0.717, 1.165) is 17.5 Å². The molecule has 1 aliphatic heterocycles. The Balaban J connectivity index is 1.67. The number of carboxylic acid groups (broad SMARTS) is 1. The van der Waals surface area contributed by atoms with Crippen LogP contribution in [0.15, 0.2) is 70.9 Å². The molecule has 8 nitrogen and oxygen atoms in total. The number of phenols is 1. The molecule has 1 aliphatic rings. The van der Waals surface area contributed by atoms with Crippen molar-refractivity contribution in [2.75, 3.05) is 10.4 Å².